The maximum absolute atomic E-state index is 14.0. The molecule has 0 amide bonds. The normalized spacial score (nSPS) is 19.2. The average molecular weight is 793 g/mol. The molecule has 298 valence electrons. The van der Waals surface area contributed by atoms with E-state index in [-0.39, 0.29) is 25.7 Å². The van der Waals surface area contributed by atoms with Gasteiger partial charge in [0.1, 0.15) is 0 Å². The van der Waals surface area contributed by atoms with E-state index in [2.05, 4.69) is 19.9 Å². The number of fused-ring (bicyclic) bond motifs is 4. The van der Waals surface area contributed by atoms with Crippen molar-refractivity contribution in [2.45, 2.75) is 63.3 Å². The highest BCUT2D eigenvalue weighted by molar-refractivity contribution is 5.90. The van der Waals surface area contributed by atoms with Crippen molar-refractivity contribution in [1.29, 1.82) is 0 Å². The number of nitrogens with one attached hydrogen (secondary N) is 4. The summed E-state index contributed by atoms with van der Waals surface area (Å²) in [5.74, 6) is -2.71. The van der Waals surface area contributed by atoms with Gasteiger partial charge in [0.2, 0.25) is 12.4 Å². The molecule has 8 aromatic rings. The van der Waals surface area contributed by atoms with Crippen LogP contribution in [0.25, 0.3) is 43.6 Å². The summed E-state index contributed by atoms with van der Waals surface area (Å²) < 4.78 is 30.7. The van der Waals surface area contributed by atoms with Crippen LogP contribution in [0.4, 0.5) is 0 Å². The Morgan fingerprint density at radius 1 is 0.441 bits per heavy atom. The monoisotopic (exact) mass is 792 g/mol. The molecule has 0 spiro atoms. The molecule has 4 aromatic carbocycles. The molecule has 1 aliphatic rings. The lowest BCUT2D eigenvalue weighted by Gasteiger charge is -2.43. The molecule has 0 radical (unpaired) electrons. The van der Waals surface area contributed by atoms with E-state index in [1.807, 2.05) is 97.1 Å². The van der Waals surface area contributed by atoms with E-state index >= 15 is 0 Å². The Bertz CT molecular complexity index is 2830. The van der Waals surface area contributed by atoms with Crippen molar-refractivity contribution in [2.75, 3.05) is 0 Å². The molecule has 0 bridgehead atoms. The van der Waals surface area contributed by atoms with Crippen LogP contribution in [0.15, 0.2) is 122 Å². The SMILES string of the molecule is C[C@@H]1O[C@@H](OC(=O)Cc2c[nH]c3ccccc23)[C@H](OC(=O)Cc2c[nH]c3ccccc23)[C@H](OC(=O)Cc2c[nH]c3ccccc23)[C@H]1OC(=O)Cc1c[nH]c2ccccc12. The summed E-state index contributed by atoms with van der Waals surface area (Å²) in [6.07, 6.45) is -0.435. The van der Waals surface area contributed by atoms with E-state index < -0.39 is 54.6 Å². The third kappa shape index (κ3) is 7.80. The lowest BCUT2D eigenvalue weighted by atomic mass is 9.98. The Kier molecular flexibility index (Phi) is 10.2. The minimum atomic E-state index is -1.54. The first-order valence-electron chi connectivity index (χ1n) is 19.4. The van der Waals surface area contributed by atoms with Gasteiger partial charge in [0.25, 0.3) is 0 Å². The predicted molar refractivity (Wildman–Crippen MR) is 218 cm³/mol. The van der Waals surface area contributed by atoms with Crippen molar-refractivity contribution in [3.63, 3.8) is 0 Å². The highest BCUT2D eigenvalue weighted by atomic mass is 16.7. The van der Waals surface area contributed by atoms with E-state index in [0.717, 1.165) is 43.6 Å². The number of esters is 4. The minimum Gasteiger partial charge on any atom is -0.455 e. The Morgan fingerprint density at radius 3 is 1.12 bits per heavy atom. The van der Waals surface area contributed by atoms with Crippen LogP contribution in [0.2, 0.25) is 0 Å². The summed E-state index contributed by atoms with van der Waals surface area (Å²) in [6, 6.07) is 30.2. The number of rotatable bonds is 12. The predicted octanol–water partition coefficient (Wildman–Crippen LogP) is 6.91. The first-order chi connectivity index (χ1) is 28.8. The van der Waals surface area contributed by atoms with Crippen molar-refractivity contribution in [3.8, 4) is 0 Å². The number of carbonyl (C=O) groups is 4. The van der Waals surface area contributed by atoms with E-state index in [9.17, 15) is 19.2 Å². The van der Waals surface area contributed by atoms with Crippen LogP contribution >= 0.6 is 0 Å². The Labute approximate surface area is 336 Å². The van der Waals surface area contributed by atoms with E-state index in [4.69, 9.17) is 23.7 Å². The van der Waals surface area contributed by atoms with Gasteiger partial charge in [-0.25, -0.2) is 0 Å². The molecule has 5 heterocycles. The van der Waals surface area contributed by atoms with Gasteiger partial charge in [0.05, 0.1) is 31.8 Å². The summed E-state index contributed by atoms with van der Waals surface area (Å²) in [6.45, 7) is 1.62. The topological polar surface area (TPSA) is 178 Å². The highest BCUT2D eigenvalue weighted by Crippen LogP contribution is 2.32. The second-order valence-corrected chi connectivity index (χ2v) is 14.7. The molecule has 1 saturated heterocycles. The Hall–Kier alpha value is -7.12. The number of para-hydroxylation sites is 4. The van der Waals surface area contributed by atoms with Crippen molar-refractivity contribution < 1.29 is 42.9 Å². The van der Waals surface area contributed by atoms with Crippen LogP contribution in [0, 0.1) is 0 Å². The molecular formula is C46H40N4O9. The summed E-state index contributed by atoms with van der Waals surface area (Å²) in [5.41, 5.74) is 6.11. The number of ether oxygens (including phenoxy) is 5. The van der Waals surface area contributed by atoms with E-state index in [1.54, 1.807) is 31.7 Å². The fourth-order valence-corrected chi connectivity index (χ4v) is 7.97. The Morgan fingerprint density at radius 2 is 0.746 bits per heavy atom. The van der Waals surface area contributed by atoms with Crippen LogP contribution in [0.3, 0.4) is 0 Å². The zero-order chi connectivity index (χ0) is 40.5. The summed E-state index contributed by atoms with van der Waals surface area (Å²) in [5, 5.41) is 3.35. The zero-order valence-electron chi connectivity index (χ0n) is 31.9. The van der Waals surface area contributed by atoms with Crippen molar-refractivity contribution in [3.05, 3.63) is 144 Å². The molecule has 59 heavy (non-hydrogen) atoms. The van der Waals surface area contributed by atoms with Gasteiger partial charge in [0.15, 0.2) is 12.2 Å². The van der Waals surface area contributed by atoms with Crippen LogP contribution in [0.5, 0.6) is 0 Å². The number of carbonyl (C=O) groups excluding carboxylic acids is 4. The van der Waals surface area contributed by atoms with Crippen molar-refractivity contribution in [2.24, 2.45) is 0 Å². The van der Waals surface area contributed by atoms with Crippen LogP contribution in [0.1, 0.15) is 29.2 Å². The number of H-pyrrole nitrogens is 4. The summed E-state index contributed by atoms with van der Waals surface area (Å²) in [4.78, 5) is 68.1. The van der Waals surface area contributed by atoms with E-state index in [1.165, 1.54) is 0 Å². The summed E-state index contributed by atoms with van der Waals surface area (Å²) >= 11 is 0. The van der Waals surface area contributed by atoms with Gasteiger partial charge in [-0.3, -0.25) is 19.2 Å². The van der Waals surface area contributed by atoms with Crippen LogP contribution in [-0.2, 0) is 68.5 Å². The molecule has 0 saturated carbocycles. The molecule has 5 atom stereocenters. The largest absolute Gasteiger partial charge is 0.455 e. The van der Waals surface area contributed by atoms with Crippen LogP contribution < -0.4 is 0 Å². The molecule has 4 N–H and O–H groups in total. The second-order valence-electron chi connectivity index (χ2n) is 14.7. The minimum absolute atomic E-state index is 0.114. The molecule has 13 nitrogen and oxygen atoms in total. The van der Waals surface area contributed by atoms with Crippen molar-refractivity contribution >= 4 is 67.5 Å². The van der Waals surface area contributed by atoms with Gasteiger partial charge in [-0.2, -0.15) is 0 Å². The number of aromatic nitrogens is 4. The first kappa shape index (κ1) is 37.5. The molecule has 0 aliphatic carbocycles. The molecule has 1 aliphatic heterocycles. The van der Waals surface area contributed by atoms with Crippen molar-refractivity contribution in [1.82, 2.24) is 19.9 Å². The molecule has 13 heteroatoms. The smallest absolute Gasteiger partial charge is 0.312 e. The quantitative estimate of drug-likeness (QED) is 0.0757. The molecule has 0 unspecified atom stereocenters. The fraction of sp³-hybridized carbons (Fsp3) is 0.217. The fourth-order valence-electron chi connectivity index (χ4n) is 7.97. The third-order valence-electron chi connectivity index (χ3n) is 10.8. The maximum atomic E-state index is 14.0. The molecule has 1 fully saturated rings. The maximum Gasteiger partial charge on any atom is 0.312 e. The number of hydrogen-bond acceptors (Lipinski definition) is 9. The average Bonchev–Trinajstić information content (AvgIpc) is 4.04. The van der Waals surface area contributed by atoms with E-state index in [0.29, 0.717) is 22.3 Å². The standard InChI is InChI=1S/C46H40N4O9/c1-26-43(56-39(51)18-27-22-47-35-14-6-2-10-31(27)35)44(57-40(52)19-28-23-48-36-15-7-3-11-32(28)36)45(58-41(53)20-29-24-49-37-16-8-4-12-33(29)37)46(55-26)59-42(54)21-30-25-50-38-17-9-5-13-34(30)38/h2-17,22-26,43-50H,18-21H2,1H3/t26-,43-,44+,45+,46-/m0/s1. The molecule has 4 aromatic heterocycles. The third-order valence-corrected chi connectivity index (χ3v) is 10.8. The van der Waals surface area contributed by atoms with Gasteiger partial charge in [-0.1, -0.05) is 72.8 Å². The van der Waals surface area contributed by atoms with Gasteiger partial charge in [-0.05, 0) is 53.4 Å². The van der Waals surface area contributed by atoms with Gasteiger partial charge in [0, 0.05) is 68.4 Å². The molecular weight excluding hydrogens is 753 g/mol. The van der Waals surface area contributed by atoms with Crippen LogP contribution in [-0.4, -0.2) is 74.5 Å². The molecule has 9 rings (SSSR count). The highest BCUT2D eigenvalue weighted by Gasteiger charge is 2.52. The zero-order valence-corrected chi connectivity index (χ0v) is 31.9. The van der Waals surface area contributed by atoms with Gasteiger partial charge < -0.3 is 43.6 Å². The lowest BCUT2D eigenvalue weighted by Crippen LogP contribution is -2.62. The number of benzene rings is 4. The second kappa shape index (κ2) is 16.0. The number of hydrogen-bond donors (Lipinski definition) is 4. The lowest BCUT2D eigenvalue weighted by molar-refractivity contribution is -0.293. The van der Waals surface area contributed by atoms with Gasteiger partial charge in [-0.15, -0.1) is 0 Å². The summed E-state index contributed by atoms with van der Waals surface area (Å²) in [7, 11) is 0. The number of aromatic amines is 4. The Balaban J connectivity index is 1.03. The van der Waals surface area contributed by atoms with Gasteiger partial charge >= 0.3 is 23.9 Å². The first-order valence-corrected chi connectivity index (χ1v) is 19.4.